The number of nitrogens with one attached hydrogen (secondary N) is 2. The number of aliphatic hydroxyl groups excluding tert-OH is 1. The lowest BCUT2D eigenvalue weighted by atomic mass is 10.00. The van der Waals surface area contributed by atoms with E-state index < -0.39 is 10.2 Å². The molecule has 0 atom stereocenters. The molecular formula is C10H17N3O4S2. The number of aromatic amines is 1. The van der Waals surface area contributed by atoms with E-state index in [2.05, 4.69) is 9.71 Å². The largest absolute Gasteiger partial charge is 0.396 e. The van der Waals surface area contributed by atoms with Crippen molar-refractivity contribution in [2.75, 3.05) is 19.7 Å². The molecular weight excluding hydrogens is 290 g/mol. The number of thiazole rings is 1. The number of H-pyrrole nitrogens is 1. The SMILES string of the molecule is O=c1[nH]c(CNS(=O)(=O)N2CCC(CO)CC2)cs1. The Morgan fingerprint density at radius 2 is 2.16 bits per heavy atom. The van der Waals surface area contributed by atoms with E-state index in [9.17, 15) is 13.2 Å². The van der Waals surface area contributed by atoms with Crippen LogP contribution in [-0.4, -0.2) is 42.5 Å². The summed E-state index contributed by atoms with van der Waals surface area (Å²) >= 11 is 1.01. The molecule has 108 valence electrons. The number of nitrogens with zero attached hydrogens (tertiary/aromatic N) is 1. The van der Waals surface area contributed by atoms with Gasteiger partial charge in [0.05, 0.1) is 6.54 Å². The van der Waals surface area contributed by atoms with Crippen molar-refractivity contribution in [3.63, 3.8) is 0 Å². The van der Waals surface area contributed by atoms with Gasteiger partial charge in [-0.15, -0.1) is 0 Å². The molecule has 1 aromatic rings. The van der Waals surface area contributed by atoms with Crippen molar-refractivity contribution in [1.29, 1.82) is 0 Å². The molecule has 2 rings (SSSR count). The van der Waals surface area contributed by atoms with Crippen molar-refractivity contribution < 1.29 is 13.5 Å². The number of aromatic nitrogens is 1. The zero-order valence-corrected chi connectivity index (χ0v) is 12.0. The van der Waals surface area contributed by atoms with Crippen molar-refractivity contribution in [1.82, 2.24) is 14.0 Å². The number of hydrogen-bond acceptors (Lipinski definition) is 5. The lowest BCUT2D eigenvalue weighted by Gasteiger charge is -2.30. The zero-order valence-electron chi connectivity index (χ0n) is 10.3. The van der Waals surface area contributed by atoms with Gasteiger partial charge in [0.25, 0.3) is 10.2 Å². The minimum atomic E-state index is -3.52. The molecule has 0 aromatic carbocycles. The van der Waals surface area contributed by atoms with E-state index in [0.717, 1.165) is 11.3 Å². The van der Waals surface area contributed by atoms with Gasteiger partial charge in [0, 0.05) is 30.8 Å². The third-order valence-corrected chi connectivity index (χ3v) is 5.46. The van der Waals surface area contributed by atoms with Crippen molar-refractivity contribution >= 4 is 21.5 Å². The van der Waals surface area contributed by atoms with Crippen molar-refractivity contribution in [3.05, 3.63) is 20.7 Å². The van der Waals surface area contributed by atoms with E-state index in [1.165, 1.54) is 4.31 Å². The third kappa shape index (κ3) is 3.86. The van der Waals surface area contributed by atoms with Crippen LogP contribution in [0.2, 0.25) is 0 Å². The lowest BCUT2D eigenvalue weighted by Crippen LogP contribution is -2.45. The first-order valence-electron chi connectivity index (χ1n) is 6.03. The molecule has 1 fully saturated rings. The fraction of sp³-hybridized carbons (Fsp3) is 0.700. The first-order chi connectivity index (χ1) is 9.01. The fourth-order valence-corrected chi connectivity index (χ4v) is 3.79. The predicted molar refractivity (Wildman–Crippen MR) is 72.1 cm³/mol. The molecule has 3 N–H and O–H groups in total. The second-order valence-electron chi connectivity index (χ2n) is 4.52. The molecule has 1 saturated heterocycles. The molecule has 1 aliphatic rings. The first-order valence-corrected chi connectivity index (χ1v) is 8.35. The van der Waals surface area contributed by atoms with E-state index in [4.69, 9.17) is 5.11 Å². The Morgan fingerprint density at radius 3 is 2.68 bits per heavy atom. The highest BCUT2D eigenvalue weighted by molar-refractivity contribution is 7.87. The summed E-state index contributed by atoms with van der Waals surface area (Å²) < 4.78 is 27.9. The summed E-state index contributed by atoms with van der Waals surface area (Å²) in [6.45, 7) is 1.03. The van der Waals surface area contributed by atoms with Gasteiger partial charge in [-0.2, -0.15) is 17.4 Å². The molecule has 0 saturated carbocycles. The number of aliphatic hydroxyl groups is 1. The van der Waals surface area contributed by atoms with Crippen LogP contribution >= 0.6 is 11.3 Å². The molecule has 0 radical (unpaired) electrons. The van der Waals surface area contributed by atoms with Crippen LogP contribution in [0, 0.1) is 5.92 Å². The standard InChI is InChI=1S/C10H17N3O4S2/c14-6-8-1-3-13(4-2-8)19(16,17)11-5-9-7-18-10(15)12-9/h7-8,11,14H,1-6H2,(H,12,15). The van der Waals surface area contributed by atoms with Crippen LogP contribution < -0.4 is 9.60 Å². The average Bonchev–Trinajstić information content (AvgIpc) is 2.82. The van der Waals surface area contributed by atoms with Crippen LogP contribution in [0.3, 0.4) is 0 Å². The second-order valence-corrected chi connectivity index (χ2v) is 7.12. The third-order valence-electron chi connectivity index (χ3n) is 3.19. The highest BCUT2D eigenvalue weighted by Gasteiger charge is 2.27. The number of hydrogen-bond donors (Lipinski definition) is 3. The van der Waals surface area contributed by atoms with Crippen molar-refractivity contribution in [3.8, 4) is 0 Å². The minimum absolute atomic E-state index is 0.0843. The van der Waals surface area contributed by atoms with Gasteiger partial charge in [-0.05, 0) is 18.8 Å². The predicted octanol–water partition coefficient (Wildman–Crippen LogP) is -0.525. The molecule has 1 aromatic heterocycles. The molecule has 0 unspecified atom stereocenters. The quantitative estimate of drug-likeness (QED) is 0.681. The Hall–Kier alpha value is -0.740. The van der Waals surface area contributed by atoms with E-state index in [-0.39, 0.29) is 23.9 Å². The fourth-order valence-electron chi connectivity index (χ4n) is 1.99. The van der Waals surface area contributed by atoms with Gasteiger partial charge >= 0.3 is 4.87 Å². The maximum atomic E-state index is 12.0. The molecule has 0 spiro atoms. The smallest absolute Gasteiger partial charge is 0.304 e. The van der Waals surface area contributed by atoms with Crippen molar-refractivity contribution in [2.45, 2.75) is 19.4 Å². The minimum Gasteiger partial charge on any atom is -0.396 e. The molecule has 9 heteroatoms. The summed E-state index contributed by atoms with van der Waals surface area (Å²) in [6, 6.07) is 0. The van der Waals surface area contributed by atoms with Gasteiger partial charge < -0.3 is 10.1 Å². The van der Waals surface area contributed by atoms with Gasteiger partial charge in [-0.3, -0.25) is 4.79 Å². The molecule has 7 nitrogen and oxygen atoms in total. The van der Waals surface area contributed by atoms with E-state index >= 15 is 0 Å². The summed E-state index contributed by atoms with van der Waals surface area (Å²) in [5.41, 5.74) is 0.559. The summed E-state index contributed by atoms with van der Waals surface area (Å²) in [6.07, 6.45) is 1.35. The van der Waals surface area contributed by atoms with Gasteiger partial charge in [0.1, 0.15) is 0 Å². The molecule has 0 amide bonds. The van der Waals surface area contributed by atoms with Gasteiger partial charge in [-0.25, -0.2) is 0 Å². The first kappa shape index (κ1) is 14.7. The molecule has 1 aliphatic heterocycles. The van der Waals surface area contributed by atoms with E-state index in [1.54, 1.807) is 5.38 Å². The molecule has 0 bridgehead atoms. The van der Waals surface area contributed by atoms with Crippen molar-refractivity contribution in [2.24, 2.45) is 5.92 Å². The van der Waals surface area contributed by atoms with Crippen LogP contribution in [-0.2, 0) is 16.8 Å². The Bertz CT molecular complexity index is 557. The summed E-state index contributed by atoms with van der Waals surface area (Å²) in [5.74, 6) is 0.194. The Balaban J connectivity index is 1.90. The zero-order chi connectivity index (χ0) is 13.9. The van der Waals surface area contributed by atoms with Crippen LogP contribution in [0.1, 0.15) is 18.5 Å². The number of rotatable bonds is 5. The van der Waals surface area contributed by atoms with Crippen LogP contribution in [0.25, 0.3) is 0 Å². The van der Waals surface area contributed by atoms with Crippen LogP contribution in [0.4, 0.5) is 0 Å². The Labute approximate surface area is 115 Å². The van der Waals surface area contributed by atoms with E-state index in [1.807, 2.05) is 0 Å². The Kier molecular flexibility index (Phi) is 4.74. The van der Waals surface area contributed by atoms with Gasteiger partial charge in [0.15, 0.2) is 0 Å². The number of piperidine rings is 1. The average molecular weight is 307 g/mol. The van der Waals surface area contributed by atoms with Gasteiger partial charge in [0.2, 0.25) is 0 Å². The summed E-state index contributed by atoms with van der Waals surface area (Å²) in [5, 5.41) is 10.6. The second kappa shape index (κ2) is 6.14. The molecule has 19 heavy (non-hydrogen) atoms. The van der Waals surface area contributed by atoms with Crippen LogP contribution in [0.5, 0.6) is 0 Å². The lowest BCUT2D eigenvalue weighted by molar-refractivity contribution is 0.169. The maximum Gasteiger partial charge on any atom is 0.304 e. The monoisotopic (exact) mass is 307 g/mol. The van der Waals surface area contributed by atoms with Crippen LogP contribution in [0.15, 0.2) is 10.2 Å². The maximum absolute atomic E-state index is 12.0. The molecule has 0 aliphatic carbocycles. The highest BCUT2D eigenvalue weighted by Crippen LogP contribution is 2.18. The highest BCUT2D eigenvalue weighted by atomic mass is 32.2. The topological polar surface area (TPSA) is 102 Å². The normalized spacial score (nSPS) is 18.8. The summed E-state index contributed by atoms with van der Waals surface area (Å²) in [4.78, 5) is 13.3. The molecule has 2 heterocycles. The van der Waals surface area contributed by atoms with E-state index in [0.29, 0.717) is 31.6 Å². The Morgan fingerprint density at radius 1 is 1.47 bits per heavy atom. The van der Waals surface area contributed by atoms with Gasteiger partial charge in [-0.1, -0.05) is 11.3 Å². The summed E-state index contributed by atoms with van der Waals surface area (Å²) in [7, 11) is -3.52.